The van der Waals surface area contributed by atoms with Crippen molar-refractivity contribution in [3.63, 3.8) is 0 Å². The summed E-state index contributed by atoms with van der Waals surface area (Å²) in [5.74, 6) is -0.131. The minimum atomic E-state index is -0.643. The molecule has 1 heterocycles. The molecule has 0 fully saturated rings. The van der Waals surface area contributed by atoms with Gasteiger partial charge in [0.25, 0.3) is 5.56 Å². The molecule has 0 radical (unpaired) electrons. The Morgan fingerprint density at radius 2 is 2.00 bits per heavy atom. The first-order chi connectivity index (χ1) is 9.15. The number of nitrogens with zero attached hydrogens (tertiary/aromatic N) is 2. The van der Waals surface area contributed by atoms with Gasteiger partial charge in [-0.3, -0.25) is 9.36 Å². The van der Waals surface area contributed by atoms with Crippen LogP contribution >= 0.6 is 0 Å². The van der Waals surface area contributed by atoms with Crippen molar-refractivity contribution in [2.75, 3.05) is 6.61 Å². The van der Waals surface area contributed by atoms with Crippen LogP contribution in [0.25, 0.3) is 11.4 Å². The fraction of sp³-hybridized carbons (Fsp3) is 0.214. The lowest BCUT2D eigenvalue weighted by molar-refractivity contribution is 0.0523. The molecule has 5 heteroatoms. The molecule has 0 saturated heterocycles. The summed E-state index contributed by atoms with van der Waals surface area (Å²) in [7, 11) is 1.58. The Balaban J connectivity index is 2.50. The van der Waals surface area contributed by atoms with E-state index in [9.17, 15) is 9.59 Å². The average Bonchev–Trinajstić information content (AvgIpc) is 2.43. The van der Waals surface area contributed by atoms with Crippen molar-refractivity contribution in [2.45, 2.75) is 6.92 Å². The van der Waals surface area contributed by atoms with Gasteiger partial charge in [-0.15, -0.1) is 0 Å². The van der Waals surface area contributed by atoms with E-state index in [0.29, 0.717) is 5.82 Å². The highest BCUT2D eigenvalue weighted by Gasteiger charge is 2.15. The van der Waals surface area contributed by atoms with Crippen LogP contribution in [-0.2, 0) is 11.8 Å². The Morgan fingerprint density at radius 3 is 2.63 bits per heavy atom. The lowest BCUT2D eigenvalue weighted by Gasteiger charge is -2.08. The van der Waals surface area contributed by atoms with Crippen molar-refractivity contribution < 1.29 is 9.53 Å². The van der Waals surface area contributed by atoms with Gasteiger partial charge in [0.15, 0.2) is 0 Å². The Morgan fingerprint density at radius 1 is 1.32 bits per heavy atom. The summed E-state index contributed by atoms with van der Waals surface area (Å²) >= 11 is 0. The number of esters is 1. The molecule has 0 saturated carbocycles. The molecular weight excluding hydrogens is 244 g/mol. The zero-order valence-corrected chi connectivity index (χ0v) is 10.8. The summed E-state index contributed by atoms with van der Waals surface area (Å²) < 4.78 is 6.17. The van der Waals surface area contributed by atoms with E-state index in [1.165, 1.54) is 10.8 Å². The third kappa shape index (κ3) is 2.54. The normalized spacial score (nSPS) is 10.2. The smallest absolute Gasteiger partial charge is 0.345 e. The van der Waals surface area contributed by atoms with Crippen molar-refractivity contribution in [2.24, 2.45) is 7.05 Å². The van der Waals surface area contributed by atoms with E-state index >= 15 is 0 Å². The molecule has 5 nitrogen and oxygen atoms in total. The predicted molar refractivity (Wildman–Crippen MR) is 70.9 cm³/mol. The SMILES string of the molecule is CCOC(=O)c1cnc(-c2ccccc2)n(C)c1=O. The number of ether oxygens (including phenoxy) is 1. The summed E-state index contributed by atoms with van der Waals surface area (Å²) in [5, 5.41) is 0. The molecule has 0 N–H and O–H groups in total. The van der Waals surface area contributed by atoms with Gasteiger partial charge in [0.05, 0.1) is 6.61 Å². The van der Waals surface area contributed by atoms with E-state index in [-0.39, 0.29) is 12.2 Å². The number of carbonyl (C=O) groups is 1. The first kappa shape index (κ1) is 13.0. The molecule has 0 bridgehead atoms. The first-order valence-electron chi connectivity index (χ1n) is 5.93. The van der Waals surface area contributed by atoms with Crippen LogP contribution in [0.5, 0.6) is 0 Å². The van der Waals surface area contributed by atoms with Gasteiger partial charge in [-0.25, -0.2) is 9.78 Å². The molecule has 0 aliphatic carbocycles. The van der Waals surface area contributed by atoms with Crippen molar-refractivity contribution in [3.8, 4) is 11.4 Å². The average molecular weight is 258 g/mol. The van der Waals surface area contributed by atoms with Crippen LogP contribution in [0.15, 0.2) is 41.3 Å². The van der Waals surface area contributed by atoms with Crippen LogP contribution in [0, 0.1) is 0 Å². The third-order valence-electron chi connectivity index (χ3n) is 2.70. The maximum atomic E-state index is 12.1. The molecule has 0 aliphatic rings. The minimum absolute atomic E-state index is 0.0518. The Hall–Kier alpha value is -2.43. The zero-order chi connectivity index (χ0) is 13.8. The van der Waals surface area contributed by atoms with Crippen molar-refractivity contribution in [1.29, 1.82) is 0 Å². The van der Waals surface area contributed by atoms with Gasteiger partial charge >= 0.3 is 5.97 Å². The van der Waals surface area contributed by atoms with Crippen LogP contribution in [0.1, 0.15) is 17.3 Å². The van der Waals surface area contributed by atoms with Crippen LogP contribution in [0.3, 0.4) is 0 Å². The summed E-state index contributed by atoms with van der Waals surface area (Å²) in [6.07, 6.45) is 1.27. The number of hydrogen-bond acceptors (Lipinski definition) is 4. The molecule has 0 aliphatic heterocycles. The summed E-state index contributed by atoms with van der Waals surface area (Å²) in [6, 6.07) is 9.31. The van der Waals surface area contributed by atoms with Crippen LogP contribution in [0.4, 0.5) is 0 Å². The van der Waals surface area contributed by atoms with Gasteiger partial charge < -0.3 is 4.74 Å². The minimum Gasteiger partial charge on any atom is -0.462 e. The summed E-state index contributed by atoms with van der Waals surface area (Å²) in [5.41, 5.74) is 0.355. The second-order valence-corrected chi connectivity index (χ2v) is 3.95. The molecular formula is C14H14N2O3. The van der Waals surface area contributed by atoms with Gasteiger partial charge in [0.1, 0.15) is 11.4 Å². The lowest BCUT2D eigenvalue weighted by Crippen LogP contribution is -2.27. The van der Waals surface area contributed by atoms with Crippen molar-refractivity contribution in [3.05, 3.63) is 52.4 Å². The van der Waals surface area contributed by atoms with E-state index in [2.05, 4.69) is 4.98 Å². The molecule has 98 valence electrons. The molecule has 1 aromatic carbocycles. The second-order valence-electron chi connectivity index (χ2n) is 3.95. The molecule has 0 unspecified atom stereocenters. The van der Waals surface area contributed by atoms with Gasteiger partial charge in [-0.2, -0.15) is 0 Å². The lowest BCUT2D eigenvalue weighted by atomic mass is 10.2. The summed E-state index contributed by atoms with van der Waals surface area (Å²) in [6.45, 7) is 1.91. The maximum absolute atomic E-state index is 12.1. The molecule has 2 aromatic rings. The monoisotopic (exact) mass is 258 g/mol. The van der Waals surface area contributed by atoms with Gasteiger partial charge in [-0.05, 0) is 6.92 Å². The Bertz CT molecular complexity index is 647. The number of aromatic nitrogens is 2. The third-order valence-corrected chi connectivity index (χ3v) is 2.70. The molecule has 1 aromatic heterocycles. The molecule has 0 atom stereocenters. The first-order valence-corrected chi connectivity index (χ1v) is 5.93. The van der Waals surface area contributed by atoms with Gasteiger partial charge in [-0.1, -0.05) is 30.3 Å². The maximum Gasteiger partial charge on any atom is 0.345 e. The molecule has 19 heavy (non-hydrogen) atoms. The predicted octanol–water partition coefficient (Wildman–Crippen LogP) is 1.62. The Kier molecular flexibility index (Phi) is 3.75. The van der Waals surface area contributed by atoms with Crippen molar-refractivity contribution in [1.82, 2.24) is 9.55 Å². The number of benzene rings is 1. The van der Waals surface area contributed by atoms with Crippen LogP contribution in [-0.4, -0.2) is 22.1 Å². The van der Waals surface area contributed by atoms with Crippen LogP contribution < -0.4 is 5.56 Å². The number of rotatable bonds is 3. The molecule has 0 spiro atoms. The second kappa shape index (κ2) is 5.48. The van der Waals surface area contributed by atoms with E-state index in [1.807, 2.05) is 30.3 Å². The Labute approximate surface area is 110 Å². The van der Waals surface area contributed by atoms with E-state index in [4.69, 9.17) is 4.74 Å². The quantitative estimate of drug-likeness (QED) is 0.785. The largest absolute Gasteiger partial charge is 0.462 e. The van der Waals surface area contributed by atoms with E-state index in [0.717, 1.165) is 5.56 Å². The molecule has 2 rings (SSSR count). The van der Waals surface area contributed by atoms with Gasteiger partial charge in [0.2, 0.25) is 0 Å². The van der Waals surface area contributed by atoms with E-state index < -0.39 is 11.5 Å². The highest BCUT2D eigenvalue weighted by atomic mass is 16.5. The highest BCUT2D eigenvalue weighted by molar-refractivity contribution is 5.88. The fourth-order valence-electron chi connectivity index (χ4n) is 1.75. The van der Waals surface area contributed by atoms with Gasteiger partial charge in [0, 0.05) is 18.8 Å². The van der Waals surface area contributed by atoms with Crippen LogP contribution in [0.2, 0.25) is 0 Å². The fourth-order valence-corrected chi connectivity index (χ4v) is 1.75. The standard InChI is InChI=1S/C14H14N2O3/c1-3-19-14(18)11-9-15-12(16(2)13(11)17)10-7-5-4-6-8-10/h4-9H,3H2,1-2H3. The summed E-state index contributed by atoms with van der Waals surface area (Å²) in [4.78, 5) is 27.9. The van der Waals surface area contributed by atoms with E-state index in [1.54, 1.807) is 14.0 Å². The topological polar surface area (TPSA) is 61.2 Å². The number of hydrogen-bond donors (Lipinski definition) is 0. The highest BCUT2D eigenvalue weighted by Crippen LogP contribution is 2.13. The van der Waals surface area contributed by atoms with Crippen molar-refractivity contribution >= 4 is 5.97 Å². The number of carbonyl (C=O) groups excluding carboxylic acids is 1. The molecule has 0 amide bonds. The zero-order valence-electron chi connectivity index (χ0n) is 10.8.